The molecule has 0 radical (unpaired) electrons. The van der Waals surface area contributed by atoms with E-state index in [-0.39, 0.29) is 5.91 Å². The molecule has 0 spiro atoms. The second-order valence-corrected chi connectivity index (χ2v) is 5.08. The van der Waals surface area contributed by atoms with Crippen LogP contribution in [0.3, 0.4) is 0 Å². The molecule has 20 heavy (non-hydrogen) atoms. The van der Waals surface area contributed by atoms with Crippen molar-refractivity contribution < 1.29 is 4.79 Å². The molecule has 5 heteroatoms. The number of carbonyl (C=O) groups is 1. The van der Waals surface area contributed by atoms with E-state index in [0.29, 0.717) is 6.42 Å². The molecule has 0 atom stereocenters. The molecule has 1 amide bonds. The van der Waals surface area contributed by atoms with E-state index in [4.69, 9.17) is 0 Å². The number of hydrogen-bond donors (Lipinski definition) is 1. The highest BCUT2D eigenvalue weighted by molar-refractivity contribution is 5.94. The Kier molecular flexibility index (Phi) is 4.08. The molecule has 0 unspecified atom stereocenters. The third-order valence-corrected chi connectivity index (χ3v) is 3.34. The molecule has 0 aliphatic heterocycles. The van der Waals surface area contributed by atoms with E-state index >= 15 is 0 Å². The fourth-order valence-corrected chi connectivity index (χ4v) is 2.10. The molecule has 1 N–H and O–H groups in total. The number of anilines is 2. The summed E-state index contributed by atoms with van der Waals surface area (Å²) in [5.41, 5.74) is 4.02. The van der Waals surface area contributed by atoms with Gasteiger partial charge in [-0.15, -0.1) is 0 Å². The number of nitrogens with one attached hydrogen (secondary N) is 1. The van der Waals surface area contributed by atoms with Crippen molar-refractivity contribution in [3.63, 3.8) is 0 Å². The maximum absolute atomic E-state index is 12.2. The van der Waals surface area contributed by atoms with Crippen LogP contribution in [0.15, 0.2) is 30.5 Å². The number of aromatic amines is 1. The second-order valence-electron chi connectivity index (χ2n) is 5.08. The highest BCUT2D eigenvalue weighted by Crippen LogP contribution is 2.24. The van der Waals surface area contributed by atoms with Crippen LogP contribution in [0.1, 0.15) is 11.3 Å². The number of aromatic nitrogens is 2. The first-order valence-electron chi connectivity index (χ1n) is 6.52. The Balaban J connectivity index is 2.18. The molecule has 1 aromatic heterocycles. The topological polar surface area (TPSA) is 52.2 Å². The van der Waals surface area contributed by atoms with E-state index in [1.54, 1.807) is 18.1 Å². The molecule has 2 rings (SSSR count). The van der Waals surface area contributed by atoms with E-state index in [1.165, 1.54) is 5.56 Å². The summed E-state index contributed by atoms with van der Waals surface area (Å²) in [5, 5.41) is 6.66. The predicted octanol–water partition coefficient (Wildman–Crippen LogP) is 1.99. The van der Waals surface area contributed by atoms with Crippen LogP contribution in [0.5, 0.6) is 0 Å². The van der Waals surface area contributed by atoms with Crippen LogP contribution in [0.25, 0.3) is 0 Å². The van der Waals surface area contributed by atoms with Gasteiger partial charge in [0, 0.05) is 44.4 Å². The summed E-state index contributed by atoms with van der Waals surface area (Å²) in [6.07, 6.45) is 1.97. The average Bonchev–Trinajstić information content (AvgIpc) is 2.91. The number of H-pyrrole nitrogens is 1. The normalized spacial score (nSPS) is 10.4. The van der Waals surface area contributed by atoms with Crippen molar-refractivity contribution in [2.75, 3.05) is 30.9 Å². The summed E-state index contributed by atoms with van der Waals surface area (Å²) in [4.78, 5) is 16.0. The highest BCUT2D eigenvalue weighted by atomic mass is 16.2. The first-order chi connectivity index (χ1) is 9.49. The summed E-state index contributed by atoms with van der Waals surface area (Å²) in [6.45, 7) is 2.06. The Morgan fingerprint density at radius 3 is 2.60 bits per heavy atom. The fourth-order valence-electron chi connectivity index (χ4n) is 2.10. The lowest BCUT2D eigenvalue weighted by molar-refractivity contribution is -0.117. The standard InChI is InChI=1S/C15H20N4O/c1-11-5-6-13(10-14(11)18(2)3)19(4)15(20)9-12-7-8-16-17-12/h5-8,10H,9H2,1-4H3,(H,16,17). The van der Waals surface area contributed by atoms with Crippen LogP contribution in [0.4, 0.5) is 11.4 Å². The number of likely N-dealkylation sites (N-methyl/N-ethyl adjacent to an activating group) is 1. The molecule has 2 aromatic rings. The minimum atomic E-state index is 0.0304. The molecule has 106 valence electrons. The van der Waals surface area contributed by atoms with Gasteiger partial charge in [0.05, 0.1) is 6.42 Å². The highest BCUT2D eigenvalue weighted by Gasteiger charge is 2.14. The SMILES string of the molecule is Cc1ccc(N(C)C(=O)Cc2ccn[nH]2)cc1N(C)C. The van der Waals surface area contributed by atoms with Gasteiger partial charge in [-0.3, -0.25) is 9.89 Å². The smallest absolute Gasteiger partial charge is 0.232 e. The Morgan fingerprint density at radius 2 is 2.00 bits per heavy atom. The van der Waals surface area contributed by atoms with Crippen LogP contribution in [-0.2, 0) is 11.2 Å². The second kappa shape index (κ2) is 5.77. The zero-order chi connectivity index (χ0) is 14.7. The Morgan fingerprint density at radius 1 is 1.25 bits per heavy atom. The first kappa shape index (κ1) is 14.1. The van der Waals surface area contributed by atoms with Crippen molar-refractivity contribution in [3.8, 4) is 0 Å². The molecule has 0 fully saturated rings. The van der Waals surface area contributed by atoms with Gasteiger partial charge in [-0.1, -0.05) is 6.07 Å². The van der Waals surface area contributed by atoms with Crippen molar-refractivity contribution >= 4 is 17.3 Å². The van der Waals surface area contributed by atoms with E-state index in [0.717, 1.165) is 17.1 Å². The van der Waals surface area contributed by atoms with E-state index in [2.05, 4.69) is 17.1 Å². The summed E-state index contributed by atoms with van der Waals surface area (Å²) in [5.74, 6) is 0.0304. The van der Waals surface area contributed by atoms with Gasteiger partial charge in [0.2, 0.25) is 5.91 Å². The van der Waals surface area contributed by atoms with Gasteiger partial charge in [-0.05, 0) is 30.7 Å². The number of hydrogen-bond acceptors (Lipinski definition) is 3. The van der Waals surface area contributed by atoms with Crippen molar-refractivity contribution in [1.29, 1.82) is 0 Å². The maximum Gasteiger partial charge on any atom is 0.232 e. The van der Waals surface area contributed by atoms with Crippen LogP contribution >= 0.6 is 0 Å². The van der Waals surface area contributed by atoms with E-state index in [1.807, 2.05) is 43.3 Å². The lowest BCUT2D eigenvalue weighted by Crippen LogP contribution is -2.28. The number of nitrogens with zero attached hydrogens (tertiary/aromatic N) is 3. The predicted molar refractivity (Wildman–Crippen MR) is 81.2 cm³/mol. The zero-order valence-corrected chi connectivity index (χ0v) is 12.3. The van der Waals surface area contributed by atoms with Crippen LogP contribution in [0.2, 0.25) is 0 Å². The molecule has 0 saturated heterocycles. The number of amides is 1. The van der Waals surface area contributed by atoms with Crippen molar-refractivity contribution in [3.05, 3.63) is 41.7 Å². The molecular formula is C15H20N4O. The first-order valence-corrected chi connectivity index (χ1v) is 6.52. The largest absolute Gasteiger partial charge is 0.377 e. The zero-order valence-electron chi connectivity index (χ0n) is 12.3. The van der Waals surface area contributed by atoms with Gasteiger partial charge in [-0.2, -0.15) is 5.10 Å². The van der Waals surface area contributed by atoms with Gasteiger partial charge in [0.25, 0.3) is 0 Å². The molecule has 0 aliphatic carbocycles. The lowest BCUT2D eigenvalue weighted by atomic mass is 10.1. The summed E-state index contributed by atoms with van der Waals surface area (Å²) >= 11 is 0. The molecule has 1 aromatic carbocycles. The number of carbonyl (C=O) groups excluding carboxylic acids is 1. The van der Waals surface area contributed by atoms with Crippen molar-refractivity contribution in [2.24, 2.45) is 0 Å². The Bertz CT molecular complexity index is 590. The minimum Gasteiger partial charge on any atom is -0.377 e. The summed E-state index contributed by atoms with van der Waals surface area (Å²) in [6, 6.07) is 7.84. The molecule has 0 saturated carbocycles. The lowest BCUT2D eigenvalue weighted by Gasteiger charge is -2.21. The molecule has 5 nitrogen and oxygen atoms in total. The van der Waals surface area contributed by atoms with Crippen LogP contribution in [-0.4, -0.2) is 37.2 Å². The Hall–Kier alpha value is -2.30. The van der Waals surface area contributed by atoms with Crippen molar-refractivity contribution in [1.82, 2.24) is 10.2 Å². The number of rotatable bonds is 4. The molecule has 0 bridgehead atoms. The quantitative estimate of drug-likeness (QED) is 0.926. The van der Waals surface area contributed by atoms with Crippen LogP contribution < -0.4 is 9.80 Å². The van der Waals surface area contributed by atoms with E-state index < -0.39 is 0 Å². The maximum atomic E-state index is 12.2. The van der Waals surface area contributed by atoms with Crippen molar-refractivity contribution in [2.45, 2.75) is 13.3 Å². The fraction of sp³-hybridized carbons (Fsp3) is 0.333. The molecular weight excluding hydrogens is 252 g/mol. The summed E-state index contributed by atoms with van der Waals surface area (Å²) in [7, 11) is 5.79. The van der Waals surface area contributed by atoms with E-state index in [9.17, 15) is 4.79 Å². The molecule has 0 aliphatic rings. The number of aryl methyl sites for hydroxylation is 1. The minimum absolute atomic E-state index is 0.0304. The van der Waals surface area contributed by atoms with Gasteiger partial charge in [0.15, 0.2) is 0 Å². The third-order valence-electron chi connectivity index (χ3n) is 3.34. The number of benzene rings is 1. The average molecular weight is 272 g/mol. The van der Waals surface area contributed by atoms with Gasteiger partial charge < -0.3 is 9.80 Å². The van der Waals surface area contributed by atoms with Crippen LogP contribution in [0, 0.1) is 6.92 Å². The van der Waals surface area contributed by atoms with Gasteiger partial charge in [-0.25, -0.2) is 0 Å². The van der Waals surface area contributed by atoms with Gasteiger partial charge >= 0.3 is 0 Å². The van der Waals surface area contributed by atoms with Gasteiger partial charge in [0.1, 0.15) is 0 Å². The third kappa shape index (κ3) is 2.99. The molecule has 1 heterocycles. The Labute approximate surface area is 119 Å². The summed E-state index contributed by atoms with van der Waals surface area (Å²) < 4.78 is 0. The monoisotopic (exact) mass is 272 g/mol.